The van der Waals surface area contributed by atoms with Crippen LogP contribution in [-0.2, 0) is 22.2 Å². The van der Waals surface area contributed by atoms with Gasteiger partial charge in [-0.3, -0.25) is 0 Å². The molecule has 0 radical (unpaired) electrons. The van der Waals surface area contributed by atoms with Crippen LogP contribution in [0.2, 0.25) is 5.02 Å². The van der Waals surface area contributed by atoms with E-state index in [-0.39, 0.29) is 10.6 Å². The number of hydrogen-bond acceptors (Lipinski definition) is 2. The number of hydrogen-bond donors (Lipinski definition) is 1. The first kappa shape index (κ1) is 17.9. The monoisotopic (exact) mass is 355 g/mol. The highest BCUT2D eigenvalue weighted by atomic mass is 35.5. The van der Waals surface area contributed by atoms with E-state index in [0.717, 1.165) is 12.0 Å². The fraction of sp³-hybridized carbons (Fsp3) is 0.294. The van der Waals surface area contributed by atoms with Gasteiger partial charge in [0.2, 0.25) is 10.0 Å². The third kappa shape index (κ3) is 4.77. The van der Waals surface area contributed by atoms with E-state index in [1.165, 1.54) is 23.8 Å². The number of aryl methyl sites for hydroxylation is 1. The van der Waals surface area contributed by atoms with Gasteiger partial charge in [0, 0.05) is 16.6 Å². The number of benzene rings is 2. The van der Waals surface area contributed by atoms with E-state index < -0.39 is 27.6 Å². The maximum atomic E-state index is 13.7. The molecule has 0 aliphatic carbocycles. The highest BCUT2D eigenvalue weighted by Gasteiger charge is 2.20. The van der Waals surface area contributed by atoms with Crippen molar-refractivity contribution in [1.29, 1.82) is 0 Å². The summed E-state index contributed by atoms with van der Waals surface area (Å²) < 4.78 is 40.9. The lowest BCUT2D eigenvalue weighted by Crippen LogP contribution is -2.28. The van der Waals surface area contributed by atoms with Crippen LogP contribution in [0.25, 0.3) is 0 Å². The Morgan fingerprint density at radius 3 is 2.39 bits per heavy atom. The predicted octanol–water partition coefficient (Wildman–Crippen LogP) is 4.22. The van der Waals surface area contributed by atoms with Gasteiger partial charge in [0.15, 0.2) is 0 Å². The molecule has 1 atom stereocenters. The number of nitrogens with one attached hydrogen (secondary N) is 1. The standard InChI is InChI=1S/C17H19ClFNO2S/c1-3-13-7-9-14(10-8-13)12(2)20-23(21,22)11-15-16(18)5-4-6-17(15)19/h4-10,12,20H,3,11H2,1-2H3. The summed E-state index contributed by atoms with van der Waals surface area (Å²) in [6, 6.07) is 11.4. The molecular weight excluding hydrogens is 337 g/mol. The maximum Gasteiger partial charge on any atom is 0.216 e. The van der Waals surface area contributed by atoms with Crippen molar-refractivity contribution >= 4 is 21.6 Å². The van der Waals surface area contributed by atoms with E-state index in [0.29, 0.717) is 0 Å². The molecule has 0 aromatic heterocycles. The summed E-state index contributed by atoms with van der Waals surface area (Å²) in [5, 5.41) is 0.107. The van der Waals surface area contributed by atoms with Gasteiger partial charge in [-0.15, -0.1) is 0 Å². The summed E-state index contributed by atoms with van der Waals surface area (Å²) in [4.78, 5) is 0. The second-order valence-corrected chi connectivity index (χ2v) is 7.56. The van der Waals surface area contributed by atoms with Gasteiger partial charge in [-0.05, 0) is 36.6 Å². The van der Waals surface area contributed by atoms with Crippen molar-refractivity contribution < 1.29 is 12.8 Å². The Kier molecular flexibility index (Phi) is 5.79. The molecule has 0 saturated carbocycles. The van der Waals surface area contributed by atoms with Crippen molar-refractivity contribution in [3.63, 3.8) is 0 Å². The zero-order valence-electron chi connectivity index (χ0n) is 13.0. The fourth-order valence-electron chi connectivity index (χ4n) is 2.28. The van der Waals surface area contributed by atoms with Gasteiger partial charge in [-0.25, -0.2) is 17.5 Å². The van der Waals surface area contributed by atoms with Crippen LogP contribution in [0, 0.1) is 5.82 Å². The average molecular weight is 356 g/mol. The van der Waals surface area contributed by atoms with Crippen molar-refractivity contribution in [3.05, 3.63) is 70.0 Å². The normalized spacial score (nSPS) is 13.0. The number of halogens is 2. The molecule has 0 spiro atoms. The Hall–Kier alpha value is -1.43. The van der Waals surface area contributed by atoms with Crippen molar-refractivity contribution in [3.8, 4) is 0 Å². The molecule has 2 rings (SSSR count). The van der Waals surface area contributed by atoms with Gasteiger partial charge >= 0.3 is 0 Å². The molecule has 0 amide bonds. The first-order chi connectivity index (χ1) is 10.8. The lowest BCUT2D eigenvalue weighted by molar-refractivity contribution is 0.561. The minimum Gasteiger partial charge on any atom is -0.212 e. The molecule has 0 fully saturated rings. The lowest BCUT2D eigenvalue weighted by atomic mass is 10.1. The lowest BCUT2D eigenvalue weighted by Gasteiger charge is -2.16. The van der Waals surface area contributed by atoms with Crippen LogP contribution in [0.15, 0.2) is 42.5 Å². The molecule has 1 N–H and O–H groups in total. The number of sulfonamides is 1. The quantitative estimate of drug-likeness (QED) is 0.843. The van der Waals surface area contributed by atoms with Crippen LogP contribution in [-0.4, -0.2) is 8.42 Å². The minimum absolute atomic E-state index is 0.0183. The molecule has 0 aliphatic rings. The van der Waals surface area contributed by atoms with Crippen molar-refractivity contribution in [2.75, 3.05) is 0 Å². The Morgan fingerprint density at radius 1 is 1.17 bits per heavy atom. The Labute approximate surface area is 141 Å². The molecule has 0 heterocycles. The zero-order chi connectivity index (χ0) is 17.0. The van der Waals surface area contributed by atoms with Gasteiger partial charge < -0.3 is 0 Å². The van der Waals surface area contributed by atoms with Crippen LogP contribution in [0.4, 0.5) is 4.39 Å². The molecule has 0 aliphatic heterocycles. The third-order valence-corrected chi connectivity index (χ3v) is 5.38. The first-order valence-electron chi connectivity index (χ1n) is 7.34. The third-order valence-electron chi connectivity index (χ3n) is 3.64. The Balaban J connectivity index is 2.13. The van der Waals surface area contributed by atoms with Crippen LogP contribution in [0.1, 0.15) is 36.6 Å². The molecule has 0 bridgehead atoms. The highest BCUT2D eigenvalue weighted by molar-refractivity contribution is 7.88. The molecule has 124 valence electrons. The maximum absolute atomic E-state index is 13.7. The van der Waals surface area contributed by atoms with Gasteiger partial charge in [-0.1, -0.05) is 48.9 Å². The van der Waals surface area contributed by atoms with E-state index in [4.69, 9.17) is 11.6 Å². The van der Waals surface area contributed by atoms with E-state index >= 15 is 0 Å². The Bertz CT molecular complexity index is 755. The van der Waals surface area contributed by atoms with Gasteiger partial charge in [0.05, 0.1) is 5.75 Å². The van der Waals surface area contributed by atoms with E-state index in [1.807, 2.05) is 24.3 Å². The summed E-state index contributed by atoms with van der Waals surface area (Å²) in [7, 11) is -3.72. The van der Waals surface area contributed by atoms with Crippen LogP contribution in [0.5, 0.6) is 0 Å². The van der Waals surface area contributed by atoms with E-state index in [2.05, 4.69) is 11.6 Å². The van der Waals surface area contributed by atoms with Crippen molar-refractivity contribution in [2.24, 2.45) is 0 Å². The van der Waals surface area contributed by atoms with E-state index in [1.54, 1.807) is 6.92 Å². The second-order valence-electron chi connectivity index (χ2n) is 5.39. The molecule has 23 heavy (non-hydrogen) atoms. The predicted molar refractivity (Wildman–Crippen MR) is 91.4 cm³/mol. The summed E-state index contributed by atoms with van der Waals surface area (Å²) in [5.41, 5.74) is 2.02. The molecule has 2 aromatic carbocycles. The summed E-state index contributed by atoms with van der Waals surface area (Å²) in [5.74, 6) is -1.11. The molecular formula is C17H19ClFNO2S. The van der Waals surface area contributed by atoms with Crippen molar-refractivity contribution in [1.82, 2.24) is 4.72 Å². The van der Waals surface area contributed by atoms with Crippen LogP contribution >= 0.6 is 11.6 Å². The molecule has 0 saturated heterocycles. The zero-order valence-corrected chi connectivity index (χ0v) is 14.6. The second kappa shape index (κ2) is 7.43. The summed E-state index contributed by atoms with van der Waals surface area (Å²) in [6.45, 7) is 3.81. The average Bonchev–Trinajstić information content (AvgIpc) is 2.51. The number of rotatable bonds is 6. The van der Waals surface area contributed by atoms with Gasteiger partial charge in [-0.2, -0.15) is 0 Å². The largest absolute Gasteiger partial charge is 0.216 e. The van der Waals surface area contributed by atoms with Crippen molar-refractivity contribution in [2.45, 2.75) is 32.1 Å². The smallest absolute Gasteiger partial charge is 0.212 e. The molecule has 3 nitrogen and oxygen atoms in total. The van der Waals surface area contributed by atoms with Gasteiger partial charge in [0.25, 0.3) is 0 Å². The van der Waals surface area contributed by atoms with Crippen LogP contribution < -0.4 is 4.72 Å². The first-order valence-corrected chi connectivity index (χ1v) is 9.37. The minimum atomic E-state index is -3.72. The summed E-state index contributed by atoms with van der Waals surface area (Å²) >= 11 is 5.89. The molecule has 1 unspecified atom stereocenters. The highest BCUT2D eigenvalue weighted by Crippen LogP contribution is 2.22. The van der Waals surface area contributed by atoms with Gasteiger partial charge in [0.1, 0.15) is 5.82 Å². The molecule has 2 aromatic rings. The Morgan fingerprint density at radius 2 is 1.83 bits per heavy atom. The van der Waals surface area contributed by atoms with E-state index in [9.17, 15) is 12.8 Å². The summed E-state index contributed by atoms with van der Waals surface area (Å²) in [6.07, 6.45) is 0.923. The topological polar surface area (TPSA) is 46.2 Å². The van der Waals surface area contributed by atoms with Crippen LogP contribution in [0.3, 0.4) is 0 Å². The molecule has 6 heteroatoms. The fourth-order valence-corrected chi connectivity index (χ4v) is 4.02. The SMILES string of the molecule is CCc1ccc(C(C)NS(=O)(=O)Cc2c(F)cccc2Cl)cc1.